The van der Waals surface area contributed by atoms with Crippen molar-refractivity contribution in [2.24, 2.45) is 0 Å². The Morgan fingerprint density at radius 1 is 0.931 bits per heavy atom. The first-order valence-corrected chi connectivity index (χ1v) is 9.60. The summed E-state index contributed by atoms with van der Waals surface area (Å²) >= 11 is 6.17. The predicted octanol–water partition coefficient (Wildman–Crippen LogP) is 4.47. The van der Waals surface area contributed by atoms with Crippen molar-refractivity contribution < 1.29 is 4.39 Å². The molecule has 0 radical (unpaired) electrons. The molecule has 29 heavy (non-hydrogen) atoms. The van der Waals surface area contributed by atoms with Crippen LogP contribution >= 0.6 is 11.6 Å². The number of rotatable bonds is 7. The summed E-state index contributed by atoms with van der Waals surface area (Å²) in [6, 6.07) is 18.2. The molecule has 0 saturated heterocycles. The summed E-state index contributed by atoms with van der Waals surface area (Å²) in [5.74, 6) is -0.363. The minimum atomic E-state index is -0.363. The second-order valence-electron chi connectivity index (χ2n) is 6.59. The van der Waals surface area contributed by atoms with Gasteiger partial charge in [0.05, 0.1) is 6.54 Å². The van der Waals surface area contributed by atoms with Gasteiger partial charge in [0, 0.05) is 36.1 Å². The molecule has 0 aliphatic heterocycles. The zero-order chi connectivity index (χ0) is 20.1. The molecule has 7 heteroatoms. The maximum atomic E-state index is 13.3. The first kappa shape index (κ1) is 19.2. The van der Waals surface area contributed by atoms with E-state index in [9.17, 15) is 4.39 Å². The normalized spacial score (nSPS) is 11.0. The van der Waals surface area contributed by atoms with E-state index < -0.39 is 0 Å². The van der Waals surface area contributed by atoms with Gasteiger partial charge >= 0.3 is 0 Å². The fourth-order valence-electron chi connectivity index (χ4n) is 3.02. The highest BCUT2D eigenvalue weighted by Gasteiger charge is 2.14. The van der Waals surface area contributed by atoms with Crippen molar-refractivity contribution in [3.8, 4) is 11.3 Å². The molecule has 0 amide bonds. The lowest BCUT2D eigenvalue weighted by atomic mass is 10.1. The standard InChI is InChI=1S/C22H19ClFN5/c23-20-12-19(24)7-6-18(20)15-29-27-21(14-26-13-16-8-10-25-11-9-16)22(28-29)17-4-2-1-3-5-17/h1-12,26H,13-15H2. The van der Waals surface area contributed by atoms with Gasteiger partial charge in [-0.2, -0.15) is 15.0 Å². The Hall–Kier alpha value is -3.09. The third-order valence-electron chi connectivity index (χ3n) is 4.47. The molecule has 4 rings (SSSR count). The summed E-state index contributed by atoms with van der Waals surface area (Å²) in [6.45, 7) is 1.63. The summed E-state index contributed by atoms with van der Waals surface area (Å²) in [4.78, 5) is 5.64. The highest BCUT2D eigenvalue weighted by Crippen LogP contribution is 2.22. The van der Waals surface area contributed by atoms with Crippen LogP contribution in [0.2, 0.25) is 5.02 Å². The molecule has 0 fully saturated rings. The van der Waals surface area contributed by atoms with E-state index >= 15 is 0 Å². The third-order valence-corrected chi connectivity index (χ3v) is 4.82. The van der Waals surface area contributed by atoms with Gasteiger partial charge in [-0.25, -0.2) is 4.39 Å². The Morgan fingerprint density at radius 3 is 2.48 bits per heavy atom. The van der Waals surface area contributed by atoms with Crippen LogP contribution in [0.1, 0.15) is 16.8 Å². The minimum Gasteiger partial charge on any atom is -0.307 e. The lowest BCUT2D eigenvalue weighted by Gasteiger charge is -2.04. The van der Waals surface area contributed by atoms with Gasteiger partial charge in [-0.1, -0.05) is 48.0 Å². The largest absolute Gasteiger partial charge is 0.307 e. The van der Waals surface area contributed by atoms with Crippen LogP contribution in [-0.4, -0.2) is 20.0 Å². The van der Waals surface area contributed by atoms with Crippen LogP contribution < -0.4 is 5.32 Å². The zero-order valence-corrected chi connectivity index (χ0v) is 16.4. The van der Waals surface area contributed by atoms with Crippen LogP contribution in [0.5, 0.6) is 0 Å². The van der Waals surface area contributed by atoms with E-state index in [1.807, 2.05) is 42.5 Å². The Morgan fingerprint density at radius 2 is 1.72 bits per heavy atom. The Kier molecular flexibility index (Phi) is 5.93. The molecule has 0 aliphatic carbocycles. The highest BCUT2D eigenvalue weighted by molar-refractivity contribution is 6.31. The molecule has 2 aromatic carbocycles. The molecule has 0 saturated carbocycles. The molecule has 0 unspecified atom stereocenters. The average Bonchev–Trinajstić information content (AvgIpc) is 3.14. The van der Waals surface area contributed by atoms with E-state index in [-0.39, 0.29) is 5.82 Å². The summed E-state index contributed by atoms with van der Waals surface area (Å²) in [6.07, 6.45) is 3.55. The second-order valence-corrected chi connectivity index (χ2v) is 6.99. The first-order valence-electron chi connectivity index (χ1n) is 9.22. The molecule has 4 aromatic rings. The summed E-state index contributed by atoms with van der Waals surface area (Å²) in [7, 11) is 0. The van der Waals surface area contributed by atoms with E-state index in [0.29, 0.717) is 24.7 Å². The van der Waals surface area contributed by atoms with Gasteiger partial charge < -0.3 is 5.32 Å². The van der Waals surface area contributed by atoms with Crippen LogP contribution in [0.3, 0.4) is 0 Å². The van der Waals surface area contributed by atoms with Crippen molar-refractivity contribution in [1.82, 2.24) is 25.3 Å². The van der Waals surface area contributed by atoms with Crippen LogP contribution in [0, 0.1) is 5.82 Å². The topological polar surface area (TPSA) is 55.6 Å². The molecule has 0 spiro atoms. The number of aromatic nitrogens is 4. The Bertz CT molecular complexity index is 1080. The minimum absolute atomic E-state index is 0.362. The van der Waals surface area contributed by atoms with E-state index in [4.69, 9.17) is 11.6 Å². The SMILES string of the molecule is Fc1ccc(Cn2nc(CNCc3ccncc3)c(-c3ccccc3)n2)c(Cl)c1. The van der Waals surface area contributed by atoms with Gasteiger partial charge in [0.25, 0.3) is 0 Å². The maximum Gasteiger partial charge on any atom is 0.124 e. The molecule has 0 atom stereocenters. The molecule has 1 N–H and O–H groups in total. The van der Waals surface area contributed by atoms with Crippen molar-refractivity contribution in [3.05, 3.63) is 101 Å². The van der Waals surface area contributed by atoms with E-state index in [2.05, 4.69) is 20.5 Å². The number of hydrogen-bond acceptors (Lipinski definition) is 4. The number of benzene rings is 2. The third kappa shape index (κ3) is 4.85. The summed E-state index contributed by atoms with van der Waals surface area (Å²) in [5, 5.41) is 13.1. The van der Waals surface area contributed by atoms with Crippen LogP contribution in [-0.2, 0) is 19.6 Å². The molecule has 2 heterocycles. The maximum absolute atomic E-state index is 13.3. The second kappa shape index (κ2) is 8.94. The summed E-state index contributed by atoms with van der Waals surface area (Å²) < 4.78 is 13.3. The first-order chi connectivity index (χ1) is 14.2. The van der Waals surface area contributed by atoms with Gasteiger partial charge in [-0.05, 0) is 35.4 Å². The van der Waals surface area contributed by atoms with Gasteiger partial charge in [0.2, 0.25) is 0 Å². The predicted molar refractivity (Wildman–Crippen MR) is 111 cm³/mol. The van der Waals surface area contributed by atoms with Gasteiger partial charge in [0.1, 0.15) is 17.2 Å². The quantitative estimate of drug-likeness (QED) is 0.491. The lowest BCUT2D eigenvalue weighted by Crippen LogP contribution is -2.14. The number of pyridine rings is 1. The zero-order valence-electron chi connectivity index (χ0n) is 15.6. The van der Waals surface area contributed by atoms with Crippen LogP contribution in [0.25, 0.3) is 11.3 Å². The molecular formula is C22H19ClFN5. The molecule has 2 aromatic heterocycles. The van der Waals surface area contributed by atoms with Crippen molar-refractivity contribution in [2.45, 2.75) is 19.6 Å². The number of hydrogen-bond donors (Lipinski definition) is 1. The van der Waals surface area contributed by atoms with E-state index in [1.165, 1.54) is 12.1 Å². The molecular weight excluding hydrogens is 389 g/mol. The lowest BCUT2D eigenvalue weighted by molar-refractivity contribution is 0.574. The fraction of sp³-hybridized carbons (Fsp3) is 0.136. The van der Waals surface area contributed by atoms with Crippen molar-refractivity contribution in [3.63, 3.8) is 0 Å². The summed E-state index contributed by atoms with van der Waals surface area (Å²) in [5.41, 5.74) is 4.55. The molecule has 0 aliphatic rings. The van der Waals surface area contributed by atoms with Crippen molar-refractivity contribution in [2.75, 3.05) is 0 Å². The monoisotopic (exact) mass is 407 g/mol. The van der Waals surface area contributed by atoms with Gasteiger partial charge in [-0.3, -0.25) is 4.98 Å². The fourth-order valence-corrected chi connectivity index (χ4v) is 3.25. The number of nitrogens with one attached hydrogen (secondary N) is 1. The molecule has 5 nitrogen and oxygen atoms in total. The smallest absolute Gasteiger partial charge is 0.124 e. The average molecular weight is 408 g/mol. The van der Waals surface area contributed by atoms with Gasteiger partial charge in [0.15, 0.2) is 0 Å². The Labute approximate surface area is 173 Å². The molecule has 146 valence electrons. The molecule has 0 bridgehead atoms. The van der Waals surface area contributed by atoms with Crippen molar-refractivity contribution in [1.29, 1.82) is 0 Å². The number of halogens is 2. The van der Waals surface area contributed by atoms with E-state index in [0.717, 1.165) is 28.1 Å². The van der Waals surface area contributed by atoms with Crippen LogP contribution in [0.15, 0.2) is 73.1 Å². The Balaban J connectivity index is 1.57. The van der Waals surface area contributed by atoms with Gasteiger partial charge in [-0.15, -0.1) is 0 Å². The van der Waals surface area contributed by atoms with Crippen molar-refractivity contribution >= 4 is 11.6 Å². The highest BCUT2D eigenvalue weighted by atomic mass is 35.5. The number of nitrogens with zero attached hydrogens (tertiary/aromatic N) is 4. The van der Waals surface area contributed by atoms with E-state index in [1.54, 1.807) is 23.3 Å². The van der Waals surface area contributed by atoms with Crippen LogP contribution in [0.4, 0.5) is 4.39 Å².